The van der Waals surface area contributed by atoms with Crippen LogP contribution in [0.3, 0.4) is 0 Å². The molecule has 1 aliphatic carbocycles. The summed E-state index contributed by atoms with van der Waals surface area (Å²) in [6.07, 6.45) is -4.29. The van der Waals surface area contributed by atoms with Gasteiger partial charge in [-0.3, -0.25) is 9.59 Å². The van der Waals surface area contributed by atoms with Gasteiger partial charge in [-0.25, -0.2) is 0 Å². The maximum absolute atomic E-state index is 11.1. The van der Waals surface area contributed by atoms with Crippen molar-refractivity contribution in [2.45, 2.75) is 37.7 Å². The molecule has 0 aromatic heterocycles. The van der Waals surface area contributed by atoms with E-state index in [0.29, 0.717) is 0 Å². The summed E-state index contributed by atoms with van der Waals surface area (Å²) < 4.78 is 0. The van der Waals surface area contributed by atoms with E-state index in [-0.39, 0.29) is 6.42 Å². The van der Waals surface area contributed by atoms with Gasteiger partial charge in [-0.1, -0.05) is 0 Å². The topological polar surface area (TPSA) is 107 Å². The minimum Gasteiger partial charge on any atom is -0.390 e. The van der Waals surface area contributed by atoms with Crippen LogP contribution in [0.1, 0.15) is 13.3 Å². The summed E-state index contributed by atoms with van der Waals surface area (Å²) >= 11 is 0. The van der Waals surface area contributed by atoms with Crippen molar-refractivity contribution in [3.05, 3.63) is 0 Å². The van der Waals surface area contributed by atoms with Crippen molar-refractivity contribution in [2.75, 3.05) is 0 Å². The van der Waals surface area contributed by atoms with Crippen molar-refractivity contribution < 1.29 is 24.9 Å². The Balaban J connectivity index is 2.76. The molecule has 1 aliphatic rings. The standard InChI is InChI=1S/C8H13NO5/c1-3(10)9-6-7(13)4(11)2-5(12)8(6)14/h4,6-8,11,13-14H,2H2,1H3,(H,9,10)/t4-,6-,7+,8-/m1/s1. The molecule has 0 bridgehead atoms. The van der Waals surface area contributed by atoms with Gasteiger partial charge in [-0.2, -0.15) is 0 Å². The molecular formula is C8H13NO5. The van der Waals surface area contributed by atoms with Gasteiger partial charge in [0.25, 0.3) is 0 Å². The van der Waals surface area contributed by atoms with Crippen LogP contribution in [0.15, 0.2) is 0 Å². The van der Waals surface area contributed by atoms with Gasteiger partial charge in [0.15, 0.2) is 5.78 Å². The second-order valence-electron chi connectivity index (χ2n) is 3.40. The smallest absolute Gasteiger partial charge is 0.217 e. The van der Waals surface area contributed by atoms with E-state index in [1.807, 2.05) is 0 Å². The summed E-state index contributed by atoms with van der Waals surface area (Å²) in [5, 5.41) is 30.2. The van der Waals surface area contributed by atoms with Crippen LogP contribution in [0.2, 0.25) is 0 Å². The van der Waals surface area contributed by atoms with E-state index in [1.54, 1.807) is 0 Å². The number of rotatable bonds is 1. The number of hydrogen-bond acceptors (Lipinski definition) is 5. The first-order valence-electron chi connectivity index (χ1n) is 4.27. The summed E-state index contributed by atoms with van der Waals surface area (Å²) in [5.41, 5.74) is 0. The maximum atomic E-state index is 11.1. The van der Waals surface area contributed by atoms with Crippen molar-refractivity contribution in [3.63, 3.8) is 0 Å². The van der Waals surface area contributed by atoms with Crippen LogP contribution in [-0.4, -0.2) is 51.4 Å². The van der Waals surface area contributed by atoms with Crippen LogP contribution < -0.4 is 5.32 Å². The van der Waals surface area contributed by atoms with E-state index in [9.17, 15) is 24.9 Å². The fourth-order valence-corrected chi connectivity index (χ4v) is 1.47. The minimum absolute atomic E-state index is 0.293. The summed E-state index contributed by atoms with van der Waals surface area (Å²) in [6, 6.07) is -1.12. The van der Waals surface area contributed by atoms with Gasteiger partial charge >= 0.3 is 0 Å². The molecule has 0 aromatic rings. The van der Waals surface area contributed by atoms with Crippen LogP contribution in [0.25, 0.3) is 0 Å². The number of Topliss-reactive ketones (excluding diaryl/α,β-unsaturated/α-hetero) is 1. The predicted molar refractivity (Wildman–Crippen MR) is 45.2 cm³/mol. The van der Waals surface area contributed by atoms with E-state index in [2.05, 4.69) is 5.32 Å². The molecule has 1 amide bonds. The highest BCUT2D eigenvalue weighted by molar-refractivity contribution is 5.86. The molecule has 0 aliphatic heterocycles. The number of carbonyl (C=O) groups is 2. The van der Waals surface area contributed by atoms with Crippen LogP contribution in [0.5, 0.6) is 0 Å². The highest BCUT2D eigenvalue weighted by atomic mass is 16.3. The number of hydrogen-bond donors (Lipinski definition) is 4. The summed E-state index contributed by atoms with van der Waals surface area (Å²) in [6.45, 7) is 1.20. The largest absolute Gasteiger partial charge is 0.390 e. The average Bonchev–Trinajstić information content (AvgIpc) is 2.09. The molecule has 6 heteroatoms. The van der Waals surface area contributed by atoms with E-state index in [1.165, 1.54) is 6.92 Å². The van der Waals surface area contributed by atoms with Gasteiger partial charge < -0.3 is 20.6 Å². The Bertz CT molecular complexity index is 254. The van der Waals surface area contributed by atoms with E-state index in [4.69, 9.17) is 0 Å². The van der Waals surface area contributed by atoms with E-state index < -0.39 is 36.0 Å². The van der Waals surface area contributed by atoms with Gasteiger partial charge in [-0.15, -0.1) is 0 Å². The Hall–Kier alpha value is -0.980. The fourth-order valence-electron chi connectivity index (χ4n) is 1.47. The zero-order chi connectivity index (χ0) is 10.9. The first-order valence-corrected chi connectivity index (χ1v) is 4.27. The third-order valence-corrected chi connectivity index (χ3v) is 2.21. The predicted octanol–water partition coefficient (Wildman–Crippen LogP) is -2.45. The van der Waals surface area contributed by atoms with Crippen molar-refractivity contribution in [1.82, 2.24) is 5.32 Å². The van der Waals surface area contributed by atoms with Crippen LogP contribution >= 0.6 is 0 Å². The molecule has 6 nitrogen and oxygen atoms in total. The Morgan fingerprint density at radius 3 is 2.50 bits per heavy atom. The molecule has 0 radical (unpaired) electrons. The van der Waals surface area contributed by atoms with Crippen LogP contribution in [-0.2, 0) is 9.59 Å². The first kappa shape index (κ1) is 11.1. The number of carbonyl (C=O) groups excluding carboxylic acids is 2. The zero-order valence-electron chi connectivity index (χ0n) is 7.67. The number of aliphatic hydroxyl groups is 3. The Morgan fingerprint density at radius 1 is 1.43 bits per heavy atom. The van der Waals surface area contributed by atoms with Crippen molar-refractivity contribution in [2.24, 2.45) is 0 Å². The average molecular weight is 203 g/mol. The van der Waals surface area contributed by atoms with Gasteiger partial charge in [0.1, 0.15) is 12.2 Å². The molecule has 0 unspecified atom stereocenters. The second-order valence-corrected chi connectivity index (χ2v) is 3.40. The highest BCUT2D eigenvalue weighted by Gasteiger charge is 2.42. The summed E-state index contributed by atoms with van der Waals surface area (Å²) in [4.78, 5) is 21.8. The van der Waals surface area contributed by atoms with Gasteiger partial charge in [-0.05, 0) is 0 Å². The van der Waals surface area contributed by atoms with Crippen molar-refractivity contribution >= 4 is 11.7 Å². The number of aliphatic hydroxyl groups excluding tert-OH is 3. The SMILES string of the molecule is CC(=O)N[C@@H]1[C@@H](O)[C@H](O)CC(=O)[C@H]1O. The lowest BCUT2D eigenvalue weighted by molar-refractivity contribution is -0.146. The van der Waals surface area contributed by atoms with E-state index in [0.717, 1.165) is 0 Å². The van der Waals surface area contributed by atoms with Crippen LogP contribution in [0.4, 0.5) is 0 Å². The molecule has 1 saturated carbocycles. The molecule has 4 N–H and O–H groups in total. The Morgan fingerprint density at radius 2 is 2.00 bits per heavy atom. The molecular weight excluding hydrogens is 190 g/mol. The number of amides is 1. The summed E-state index contributed by atoms with van der Waals surface area (Å²) in [5.74, 6) is -1.06. The lowest BCUT2D eigenvalue weighted by atomic mass is 9.86. The van der Waals surface area contributed by atoms with Gasteiger partial charge in [0, 0.05) is 13.3 Å². The molecule has 0 spiro atoms. The second kappa shape index (κ2) is 4.04. The Labute approximate surface area is 80.5 Å². The third-order valence-electron chi connectivity index (χ3n) is 2.21. The highest BCUT2D eigenvalue weighted by Crippen LogP contribution is 2.17. The van der Waals surface area contributed by atoms with Gasteiger partial charge in [0.05, 0.1) is 12.1 Å². The molecule has 0 heterocycles. The molecule has 4 atom stereocenters. The lowest BCUT2D eigenvalue weighted by Gasteiger charge is -2.34. The molecule has 80 valence electrons. The zero-order valence-corrected chi connectivity index (χ0v) is 7.67. The molecule has 0 saturated heterocycles. The maximum Gasteiger partial charge on any atom is 0.217 e. The quantitative estimate of drug-likeness (QED) is 0.378. The number of nitrogens with one attached hydrogen (secondary N) is 1. The number of ketones is 1. The lowest BCUT2D eigenvalue weighted by Crippen LogP contribution is -2.61. The normalized spacial score (nSPS) is 38.1. The van der Waals surface area contributed by atoms with Crippen molar-refractivity contribution in [3.8, 4) is 0 Å². The monoisotopic (exact) mass is 203 g/mol. The molecule has 0 aromatic carbocycles. The third kappa shape index (κ3) is 2.09. The van der Waals surface area contributed by atoms with Gasteiger partial charge in [0.2, 0.25) is 5.91 Å². The molecule has 1 rings (SSSR count). The summed E-state index contributed by atoms with van der Waals surface area (Å²) in [7, 11) is 0. The molecule has 14 heavy (non-hydrogen) atoms. The fraction of sp³-hybridized carbons (Fsp3) is 0.750. The van der Waals surface area contributed by atoms with E-state index >= 15 is 0 Å². The van der Waals surface area contributed by atoms with Crippen molar-refractivity contribution in [1.29, 1.82) is 0 Å². The Kier molecular flexibility index (Phi) is 3.20. The minimum atomic E-state index is -1.45. The first-order chi connectivity index (χ1) is 6.43. The van der Waals surface area contributed by atoms with Crippen LogP contribution in [0, 0.1) is 0 Å². The molecule has 1 fully saturated rings.